The molecule has 0 atom stereocenters. The summed E-state index contributed by atoms with van der Waals surface area (Å²) in [5, 5.41) is 0. The van der Waals surface area contributed by atoms with Gasteiger partial charge in [-0.2, -0.15) is 0 Å². The van der Waals surface area contributed by atoms with Crippen LogP contribution in [0.1, 0.15) is 51.4 Å². The van der Waals surface area contributed by atoms with E-state index in [4.69, 9.17) is 18.9 Å². The third kappa shape index (κ3) is 16.7. The zero-order valence-electron chi connectivity index (χ0n) is 13.4. The molecule has 4 aliphatic rings. The van der Waals surface area contributed by atoms with E-state index in [1.54, 1.807) is 0 Å². The van der Waals surface area contributed by atoms with Crippen LogP contribution in [0.25, 0.3) is 0 Å². The van der Waals surface area contributed by atoms with Crippen molar-refractivity contribution < 1.29 is 40.7 Å². The normalized spacial score (nSPS) is 22.9. The van der Waals surface area contributed by atoms with Crippen LogP contribution in [-0.2, 0) is 40.7 Å². The van der Waals surface area contributed by atoms with Crippen LogP contribution in [0.2, 0.25) is 0 Å². The largest absolute Gasteiger partial charge is 0.381 e. The van der Waals surface area contributed by atoms with Crippen LogP contribution < -0.4 is 0 Å². The van der Waals surface area contributed by atoms with Crippen molar-refractivity contribution in [1.82, 2.24) is 0 Å². The first-order valence-electron chi connectivity index (χ1n) is 8.31. The molecule has 5 heteroatoms. The Bertz CT molecular complexity index is 107. The Kier molecular flexibility index (Phi) is 19.1. The summed E-state index contributed by atoms with van der Waals surface area (Å²) in [5.74, 6) is 0. The maximum atomic E-state index is 4.94. The molecule has 0 aliphatic carbocycles. The molecule has 0 saturated carbocycles. The molecule has 21 heavy (non-hydrogen) atoms. The van der Waals surface area contributed by atoms with Crippen LogP contribution in [0.15, 0.2) is 0 Å². The summed E-state index contributed by atoms with van der Waals surface area (Å²) in [7, 11) is 0. The molecule has 0 aromatic heterocycles. The fourth-order valence-electron chi connectivity index (χ4n) is 2.04. The predicted molar refractivity (Wildman–Crippen MR) is 80.2 cm³/mol. The number of rotatable bonds is 0. The van der Waals surface area contributed by atoms with E-state index < -0.39 is 0 Å². The van der Waals surface area contributed by atoms with E-state index in [9.17, 15) is 0 Å². The van der Waals surface area contributed by atoms with Gasteiger partial charge in [0.1, 0.15) is 0 Å². The second kappa shape index (κ2) is 18.6. The average Bonchev–Trinajstić information content (AvgIpc) is 3.40. The van der Waals surface area contributed by atoms with Crippen LogP contribution in [0, 0.1) is 0 Å². The summed E-state index contributed by atoms with van der Waals surface area (Å²) in [5.41, 5.74) is 0. The van der Waals surface area contributed by atoms with Gasteiger partial charge in [-0.15, -0.1) is 0 Å². The molecule has 4 fully saturated rings. The van der Waals surface area contributed by atoms with E-state index in [0.29, 0.717) is 0 Å². The standard InChI is InChI=1S/4C4H8O.Ti/c4*1-2-4-5-3-1;/h4*1-4H2;. The number of hydrogen-bond acceptors (Lipinski definition) is 4. The quantitative estimate of drug-likeness (QED) is 0.637. The molecule has 4 saturated heterocycles. The maximum absolute atomic E-state index is 4.94. The summed E-state index contributed by atoms with van der Waals surface area (Å²) >= 11 is 0. The van der Waals surface area contributed by atoms with Gasteiger partial charge < -0.3 is 18.9 Å². The van der Waals surface area contributed by atoms with Gasteiger partial charge in [-0.1, -0.05) is 0 Å². The maximum Gasteiger partial charge on any atom is 0.0466 e. The van der Waals surface area contributed by atoms with Gasteiger partial charge in [0, 0.05) is 74.6 Å². The molecule has 0 aromatic rings. The van der Waals surface area contributed by atoms with Gasteiger partial charge in [-0.3, -0.25) is 0 Å². The smallest absolute Gasteiger partial charge is 0.0466 e. The number of hydrogen-bond donors (Lipinski definition) is 0. The monoisotopic (exact) mass is 336 g/mol. The summed E-state index contributed by atoms with van der Waals surface area (Å²) in [6, 6.07) is 0. The van der Waals surface area contributed by atoms with E-state index in [2.05, 4.69) is 0 Å². The van der Waals surface area contributed by atoms with Crippen LogP contribution in [-0.4, -0.2) is 52.9 Å². The zero-order valence-corrected chi connectivity index (χ0v) is 15.0. The Morgan fingerprint density at radius 2 is 0.429 bits per heavy atom. The Labute approximate surface area is 145 Å². The Morgan fingerprint density at radius 1 is 0.286 bits per heavy atom. The minimum atomic E-state index is 0. The SMILES string of the molecule is C1CCOC1.C1CCOC1.C1CCOC1.C1CCOC1.[Ti]. The van der Waals surface area contributed by atoms with Gasteiger partial charge in [-0.25, -0.2) is 0 Å². The van der Waals surface area contributed by atoms with Gasteiger partial charge in [0.05, 0.1) is 0 Å². The first-order valence-corrected chi connectivity index (χ1v) is 8.31. The molecule has 4 nitrogen and oxygen atoms in total. The van der Waals surface area contributed by atoms with Crippen molar-refractivity contribution >= 4 is 0 Å². The van der Waals surface area contributed by atoms with Crippen LogP contribution in [0.4, 0.5) is 0 Å². The second-order valence-corrected chi connectivity index (χ2v) is 5.28. The number of ether oxygens (including phenoxy) is 4. The molecule has 0 radical (unpaired) electrons. The Balaban J connectivity index is 0.000000250. The van der Waals surface area contributed by atoms with Crippen molar-refractivity contribution in [3.8, 4) is 0 Å². The van der Waals surface area contributed by atoms with Crippen LogP contribution >= 0.6 is 0 Å². The van der Waals surface area contributed by atoms with Crippen molar-refractivity contribution in [2.75, 3.05) is 52.9 Å². The molecule has 124 valence electrons. The predicted octanol–water partition coefficient (Wildman–Crippen LogP) is 3.18. The van der Waals surface area contributed by atoms with E-state index >= 15 is 0 Å². The van der Waals surface area contributed by atoms with Crippen molar-refractivity contribution in [1.29, 1.82) is 0 Å². The van der Waals surface area contributed by atoms with Crippen LogP contribution in [0.5, 0.6) is 0 Å². The van der Waals surface area contributed by atoms with Gasteiger partial charge in [-0.05, 0) is 51.4 Å². The van der Waals surface area contributed by atoms with Gasteiger partial charge >= 0.3 is 0 Å². The third-order valence-corrected chi connectivity index (χ3v) is 3.31. The molecule has 4 heterocycles. The van der Waals surface area contributed by atoms with Gasteiger partial charge in [0.2, 0.25) is 0 Å². The van der Waals surface area contributed by atoms with E-state index in [0.717, 1.165) is 52.9 Å². The summed E-state index contributed by atoms with van der Waals surface area (Å²) in [6.45, 7) is 8.00. The molecule has 0 unspecified atom stereocenters. The second-order valence-electron chi connectivity index (χ2n) is 5.28. The fraction of sp³-hybridized carbons (Fsp3) is 1.00. The Hall–Kier alpha value is 0.554. The fourth-order valence-corrected chi connectivity index (χ4v) is 2.04. The van der Waals surface area contributed by atoms with E-state index in [1.807, 2.05) is 0 Å². The van der Waals surface area contributed by atoms with E-state index in [-0.39, 0.29) is 21.7 Å². The first-order chi connectivity index (χ1) is 10.0. The van der Waals surface area contributed by atoms with Crippen molar-refractivity contribution in [3.05, 3.63) is 0 Å². The minimum absolute atomic E-state index is 0. The Morgan fingerprint density at radius 3 is 0.476 bits per heavy atom. The minimum Gasteiger partial charge on any atom is -0.381 e. The summed E-state index contributed by atoms with van der Waals surface area (Å²) in [4.78, 5) is 0. The molecule has 4 rings (SSSR count). The summed E-state index contributed by atoms with van der Waals surface area (Å²) < 4.78 is 19.8. The van der Waals surface area contributed by atoms with Crippen molar-refractivity contribution in [3.63, 3.8) is 0 Å². The zero-order chi connectivity index (χ0) is 14.1. The third-order valence-electron chi connectivity index (χ3n) is 3.31. The molecular formula is C16H32O4Ti. The first kappa shape index (κ1) is 21.6. The molecule has 0 spiro atoms. The van der Waals surface area contributed by atoms with Crippen LogP contribution in [0.3, 0.4) is 0 Å². The summed E-state index contributed by atoms with van der Waals surface area (Å²) in [6.07, 6.45) is 10.2. The van der Waals surface area contributed by atoms with Gasteiger partial charge in [0.25, 0.3) is 0 Å². The van der Waals surface area contributed by atoms with Gasteiger partial charge in [0.15, 0.2) is 0 Å². The molecule has 0 amide bonds. The van der Waals surface area contributed by atoms with Crippen molar-refractivity contribution in [2.45, 2.75) is 51.4 Å². The molecule has 4 aliphatic heterocycles. The van der Waals surface area contributed by atoms with E-state index in [1.165, 1.54) is 51.4 Å². The average molecular weight is 336 g/mol. The molecular weight excluding hydrogens is 304 g/mol. The van der Waals surface area contributed by atoms with Crippen molar-refractivity contribution in [2.24, 2.45) is 0 Å². The molecule has 0 N–H and O–H groups in total. The topological polar surface area (TPSA) is 36.9 Å². The molecule has 0 aromatic carbocycles. The molecule has 0 bridgehead atoms.